The van der Waals surface area contributed by atoms with Crippen molar-refractivity contribution in [2.24, 2.45) is 11.8 Å². The van der Waals surface area contributed by atoms with Crippen molar-refractivity contribution in [2.75, 3.05) is 18.8 Å². The van der Waals surface area contributed by atoms with Crippen molar-refractivity contribution in [1.29, 1.82) is 0 Å². The fourth-order valence-electron chi connectivity index (χ4n) is 1.16. The van der Waals surface area contributed by atoms with Gasteiger partial charge in [-0.15, -0.1) is 0 Å². The summed E-state index contributed by atoms with van der Waals surface area (Å²) in [5.74, 6) is 0.443. The highest BCUT2D eigenvalue weighted by Crippen LogP contribution is 1.99. The molecule has 0 amide bonds. The molecule has 0 aliphatic rings. The van der Waals surface area contributed by atoms with Gasteiger partial charge in [-0.3, -0.25) is 4.55 Å². The highest BCUT2D eigenvalue weighted by Gasteiger charge is 2.11. The molecule has 0 aromatic heterocycles. The number of nitrogens with one attached hydrogen (secondary N) is 1. The second-order valence-electron chi connectivity index (χ2n) is 4.24. The van der Waals surface area contributed by atoms with Gasteiger partial charge in [0.1, 0.15) is 0 Å². The lowest BCUT2D eigenvalue weighted by molar-refractivity contribution is 0.455. The maximum absolute atomic E-state index is 10.5. The highest BCUT2D eigenvalue weighted by atomic mass is 32.2. The summed E-state index contributed by atoms with van der Waals surface area (Å²) in [6.07, 6.45) is 1.08. The van der Waals surface area contributed by atoms with Gasteiger partial charge in [0.2, 0.25) is 0 Å². The zero-order valence-corrected chi connectivity index (χ0v) is 9.97. The molecule has 0 aromatic carbocycles. The third-order valence-corrected chi connectivity index (χ3v) is 2.88. The van der Waals surface area contributed by atoms with Crippen LogP contribution in [0.4, 0.5) is 0 Å². The zero-order chi connectivity index (χ0) is 11.2. The van der Waals surface area contributed by atoms with Crippen LogP contribution in [0.2, 0.25) is 0 Å². The fourth-order valence-corrected chi connectivity index (χ4v) is 1.99. The quantitative estimate of drug-likeness (QED) is 0.502. The molecule has 0 bridgehead atoms. The van der Waals surface area contributed by atoms with Crippen molar-refractivity contribution in [3.05, 3.63) is 0 Å². The first-order chi connectivity index (χ1) is 6.31. The van der Waals surface area contributed by atoms with Crippen molar-refractivity contribution in [3.63, 3.8) is 0 Å². The molecule has 0 saturated heterocycles. The maximum Gasteiger partial charge on any atom is 0.265 e. The minimum Gasteiger partial charge on any atom is -0.316 e. The number of rotatable bonds is 7. The van der Waals surface area contributed by atoms with Gasteiger partial charge in [-0.1, -0.05) is 20.8 Å². The monoisotopic (exact) mass is 223 g/mol. The van der Waals surface area contributed by atoms with Crippen molar-refractivity contribution in [3.8, 4) is 0 Å². The van der Waals surface area contributed by atoms with Gasteiger partial charge in [-0.25, -0.2) is 0 Å². The molecule has 0 radical (unpaired) electrons. The van der Waals surface area contributed by atoms with Crippen LogP contribution in [-0.4, -0.2) is 31.8 Å². The minimum atomic E-state index is -3.82. The Kier molecular flexibility index (Phi) is 6.31. The molecule has 0 fully saturated rings. The van der Waals surface area contributed by atoms with Crippen LogP contribution in [0.5, 0.6) is 0 Å². The predicted molar refractivity (Wildman–Crippen MR) is 57.9 cm³/mol. The molecular formula is C9H21NO3S. The van der Waals surface area contributed by atoms with Crippen molar-refractivity contribution < 1.29 is 13.0 Å². The largest absolute Gasteiger partial charge is 0.316 e. The third-order valence-electron chi connectivity index (χ3n) is 1.89. The molecule has 0 rings (SSSR count). The Hall–Kier alpha value is -0.130. The van der Waals surface area contributed by atoms with Crippen LogP contribution in [0.25, 0.3) is 0 Å². The van der Waals surface area contributed by atoms with Gasteiger partial charge >= 0.3 is 0 Å². The highest BCUT2D eigenvalue weighted by molar-refractivity contribution is 7.85. The molecule has 5 heteroatoms. The molecular weight excluding hydrogens is 202 g/mol. The Bertz CT molecular complexity index is 236. The van der Waals surface area contributed by atoms with Crippen molar-refractivity contribution >= 4 is 10.1 Å². The summed E-state index contributed by atoms with van der Waals surface area (Å²) in [7, 11) is -3.82. The fraction of sp³-hybridized carbons (Fsp3) is 1.00. The van der Waals surface area contributed by atoms with Gasteiger partial charge in [0.25, 0.3) is 10.1 Å². The summed E-state index contributed by atoms with van der Waals surface area (Å²) in [6, 6.07) is 0. The zero-order valence-electron chi connectivity index (χ0n) is 9.16. The molecule has 1 unspecified atom stereocenters. The second kappa shape index (κ2) is 6.37. The summed E-state index contributed by atoms with van der Waals surface area (Å²) in [5, 5.41) is 3.16. The first-order valence-electron chi connectivity index (χ1n) is 4.97. The Morgan fingerprint density at radius 3 is 2.29 bits per heavy atom. The van der Waals surface area contributed by atoms with Crippen molar-refractivity contribution in [1.82, 2.24) is 5.32 Å². The van der Waals surface area contributed by atoms with Gasteiger partial charge in [0.15, 0.2) is 0 Å². The average molecular weight is 223 g/mol. The van der Waals surface area contributed by atoms with E-state index in [0.717, 1.165) is 13.0 Å². The topological polar surface area (TPSA) is 66.4 Å². The molecule has 0 heterocycles. The number of hydrogen-bond acceptors (Lipinski definition) is 3. The predicted octanol–water partition coefficient (Wildman–Crippen LogP) is 1.15. The Balaban J connectivity index is 3.50. The van der Waals surface area contributed by atoms with Crippen LogP contribution in [0.1, 0.15) is 27.2 Å². The maximum atomic E-state index is 10.5. The Morgan fingerprint density at radius 1 is 1.29 bits per heavy atom. The average Bonchev–Trinajstić information content (AvgIpc) is 1.94. The smallest absolute Gasteiger partial charge is 0.265 e. The van der Waals surface area contributed by atoms with Crippen LogP contribution in [-0.2, 0) is 10.1 Å². The van der Waals surface area contributed by atoms with E-state index < -0.39 is 10.1 Å². The van der Waals surface area contributed by atoms with E-state index in [2.05, 4.69) is 19.2 Å². The second-order valence-corrected chi connectivity index (χ2v) is 5.74. The third kappa shape index (κ3) is 9.95. The van der Waals surface area contributed by atoms with Gasteiger partial charge in [0.05, 0.1) is 5.75 Å². The summed E-state index contributed by atoms with van der Waals surface area (Å²) < 4.78 is 29.6. The van der Waals surface area contributed by atoms with Gasteiger partial charge in [-0.05, 0) is 31.3 Å². The molecule has 86 valence electrons. The molecule has 4 nitrogen and oxygen atoms in total. The van der Waals surface area contributed by atoms with E-state index in [1.807, 2.05) is 0 Å². The van der Waals surface area contributed by atoms with E-state index >= 15 is 0 Å². The van der Waals surface area contributed by atoms with Crippen LogP contribution >= 0.6 is 0 Å². The van der Waals surface area contributed by atoms with E-state index in [4.69, 9.17) is 4.55 Å². The Morgan fingerprint density at radius 2 is 1.86 bits per heavy atom. The SMILES string of the molecule is CC(C)CCNCC(C)CS(=O)(=O)O. The molecule has 2 N–H and O–H groups in total. The molecule has 0 spiro atoms. The molecule has 0 aromatic rings. The molecule has 1 atom stereocenters. The van der Waals surface area contributed by atoms with Crippen molar-refractivity contribution in [2.45, 2.75) is 27.2 Å². The van der Waals surface area contributed by atoms with E-state index in [0.29, 0.717) is 12.5 Å². The van der Waals surface area contributed by atoms with E-state index in [1.165, 1.54) is 0 Å². The van der Waals surface area contributed by atoms with Gasteiger partial charge in [-0.2, -0.15) is 8.42 Å². The molecule has 0 aliphatic carbocycles. The lowest BCUT2D eigenvalue weighted by atomic mass is 10.1. The summed E-state index contributed by atoms with van der Waals surface area (Å²) in [5.41, 5.74) is 0. The van der Waals surface area contributed by atoms with Gasteiger partial charge in [0, 0.05) is 0 Å². The lowest BCUT2D eigenvalue weighted by Gasteiger charge is -2.11. The first kappa shape index (κ1) is 13.9. The van der Waals surface area contributed by atoms with Gasteiger partial charge < -0.3 is 5.32 Å². The van der Waals surface area contributed by atoms with Crippen LogP contribution < -0.4 is 5.32 Å². The minimum absolute atomic E-state index is 0.0443. The standard InChI is InChI=1S/C9H21NO3S/c1-8(2)4-5-10-6-9(3)7-14(11,12)13/h8-10H,4-7H2,1-3H3,(H,11,12,13). The summed E-state index contributed by atoms with van der Waals surface area (Å²) in [6.45, 7) is 7.61. The molecule has 14 heavy (non-hydrogen) atoms. The van der Waals surface area contributed by atoms with E-state index in [1.54, 1.807) is 6.92 Å². The van der Waals surface area contributed by atoms with Crippen LogP contribution in [0.3, 0.4) is 0 Å². The lowest BCUT2D eigenvalue weighted by Crippen LogP contribution is -2.27. The molecule has 0 aliphatic heterocycles. The van der Waals surface area contributed by atoms with E-state index in [-0.39, 0.29) is 11.7 Å². The van der Waals surface area contributed by atoms with Crippen LogP contribution in [0.15, 0.2) is 0 Å². The normalized spacial score (nSPS) is 14.6. The molecule has 0 saturated carbocycles. The summed E-state index contributed by atoms with van der Waals surface area (Å²) in [4.78, 5) is 0. The Labute approximate surface area is 86.8 Å². The first-order valence-corrected chi connectivity index (χ1v) is 6.58. The number of hydrogen-bond donors (Lipinski definition) is 2. The summed E-state index contributed by atoms with van der Waals surface area (Å²) >= 11 is 0. The van der Waals surface area contributed by atoms with E-state index in [9.17, 15) is 8.42 Å². The van der Waals surface area contributed by atoms with Crippen LogP contribution in [0, 0.1) is 11.8 Å².